The molecule has 0 saturated carbocycles. The second kappa shape index (κ2) is 3.59. The lowest BCUT2D eigenvalue weighted by Crippen LogP contribution is -1.99. The monoisotopic (exact) mass is 228 g/mol. The topological polar surface area (TPSA) is 50.9 Å². The first-order chi connectivity index (χ1) is 9.45. The molecule has 2 aromatic carbocycles. The summed E-state index contributed by atoms with van der Waals surface area (Å²) in [4.78, 5) is 1.25. The van der Waals surface area contributed by atoms with Crippen LogP contribution in [0.1, 0.15) is 9.68 Å². The van der Waals surface area contributed by atoms with Crippen molar-refractivity contribution in [2.75, 3.05) is 0 Å². The molecule has 0 amide bonds. The molecule has 0 bridgehead atoms. The van der Waals surface area contributed by atoms with Gasteiger partial charge < -0.3 is 5.11 Å². The predicted molar refractivity (Wildman–Crippen MR) is 65.3 cm³/mol. The van der Waals surface area contributed by atoms with Gasteiger partial charge in [-0.05, 0) is 36.7 Å². The van der Waals surface area contributed by atoms with Gasteiger partial charge in [-0.25, -0.2) is 0 Å². The first kappa shape index (κ1) is 7.06. The fraction of sp³-hybridized carbons (Fsp3) is 0.0769. The van der Waals surface area contributed by atoms with Crippen LogP contribution in [0.25, 0.3) is 16.7 Å². The van der Waals surface area contributed by atoms with Crippen LogP contribution in [0, 0.1) is 6.85 Å². The van der Waals surface area contributed by atoms with Gasteiger partial charge in [0.05, 0.1) is 0 Å². The summed E-state index contributed by atoms with van der Waals surface area (Å²) in [6, 6.07) is 11.3. The van der Waals surface area contributed by atoms with Gasteiger partial charge in [0.15, 0.2) is 0 Å². The van der Waals surface area contributed by atoms with Crippen LogP contribution in [0.4, 0.5) is 0 Å². The molecular formula is C13H11N3O. The van der Waals surface area contributed by atoms with E-state index in [0.29, 0.717) is 11.0 Å². The van der Waals surface area contributed by atoms with E-state index < -0.39 is 6.85 Å². The van der Waals surface area contributed by atoms with Crippen LogP contribution >= 0.6 is 0 Å². The minimum Gasteiger partial charge on any atom is -0.506 e. The van der Waals surface area contributed by atoms with Gasteiger partial charge in [-0.3, -0.25) is 0 Å². The average Bonchev–Trinajstić information content (AvgIpc) is 2.81. The van der Waals surface area contributed by atoms with Crippen molar-refractivity contribution in [2.24, 2.45) is 0 Å². The van der Waals surface area contributed by atoms with Crippen LogP contribution in [-0.4, -0.2) is 20.1 Å². The molecule has 3 aromatic rings. The number of hydrogen-bond donors (Lipinski definition) is 1. The number of rotatable bonds is 1. The molecule has 1 aromatic heterocycles. The van der Waals surface area contributed by atoms with E-state index in [0.717, 1.165) is 0 Å². The van der Waals surface area contributed by atoms with E-state index in [1.807, 2.05) is 12.1 Å². The third kappa shape index (κ3) is 1.63. The van der Waals surface area contributed by atoms with Crippen LogP contribution < -0.4 is 0 Å². The van der Waals surface area contributed by atoms with Gasteiger partial charge in [0.2, 0.25) is 0 Å². The van der Waals surface area contributed by atoms with Gasteiger partial charge in [-0.1, -0.05) is 18.2 Å². The lowest BCUT2D eigenvalue weighted by atomic mass is 10.2. The fourth-order valence-electron chi connectivity index (χ4n) is 1.65. The Bertz CT molecular complexity index is 747. The maximum Gasteiger partial charge on any atom is 0.143 e. The molecule has 0 aliphatic carbocycles. The minimum absolute atomic E-state index is 0.0710. The Kier molecular flexibility index (Phi) is 1.49. The van der Waals surface area contributed by atoms with Gasteiger partial charge in [0.25, 0.3) is 0 Å². The van der Waals surface area contributed by atoms with Crippen LogP contribution in [0.3, 0.4) is 0 Å². The molecule has 4 heteroatoms. The first-order valence-electron chi connectivity index (χ1n) is 6.61. The predicted octanol–water partition coefficient (Wildman–Crippen LogP) is 2.43. The zero-order valence-corrected chi connectivity index (χ0v) is 8.83. The van der Waals surface area contributed by atoms with Gasteiger partial charge in [-0.2, -0.15) is 0 Å². The van der Waals surface area contributed by atoms with Crippen molar-refractivity contribution in [3.8, 4) is 11.4 Å². The van der Waals surface area contributed by atoms with Gasteiger partial charge in [0, 0.05) is 4.11 Å². The Morgan fingerprint density at radius 1 is 1.12 bits per heavy atom. The third-order valence-electron chi connectivity index (χ3n) is 2.48. The summed E-state index contributed by atoms with van der Waals surface area (Å²) in [7, 11) is 0. The van der Waals surface area contributed by atoms with Gasteiger partial charge >= 0.3 is 0 Å². The van der Waals surface area contributed by atoms with E-state index in [4.69, 9.17) is 4.11 Å². The normalized spacial score (nSPS) is 14.2. The Morgan fingerprint density at radius 2 is 1.82 bits per heavy atom. The van der Waals surface area contributed by atoms with Gasteiger partial charge in [0.1, 0.15) is 22.5 Å². The number of fused-ring (bicyclic) bond motifs is 1. The number of aromatic nitrogens is 3. The van der Waals surface area contributed by atoms with Crippen molar-refractivity contribution < 1.29 is 9.22 Å². The summed E-state index contributed by atoms with van der Waals surface area (Å²) in [6.45, 7) is -2.24. The smallest absolute Gasteiger partial charge is 0.143 e. The number of benzene rings is 2. The highest BCUT2D eigenvalue weighted by Crippen LogP contribution is 2.22. The lowest BCUT2D eigenvalue weighted by Gasteiger charge is -2.03. The fourth-order valence-corrected chi connectivity index (χ4v) is 1.65. The molecule has 0 aliphatic rings. The molecule has 0 atom stereocenters. The second-order valence-corrected chi connectivity index (χ2v) is 3.68. The highest BCUT2D eigenvalue weighted by Gasteiger charge is 2.08. The van der Waals surface area contributed by atoms with E-state index in [-0.39, 0.29) is 17.0 Å². The number of aryl methyl sites for hydroxylation is 1. The Hall–Kier alpha value is -2.36. The number of phenolic OH excluding ortho intramolecular Hbond substituents is 1. The largest absolute Gasteiger partial charge is 0.506 e. The molecule has 0 saturated heterocycles. The number of aromatic hydroxyl groups is 1. The summed E-state index contributed by atoms with van der Waals surface area (Å²) in [5.41, 5.74) is 1.72. The second-order valence-electron chi connectivity index (χ2n) is 3.68. The van der Waals surface area contributed by atoms with Crippen molar-refractivity contribution in [1.82, 2.24) is 15.0 Å². The lowest BCUT2D eigenvalue weighted by molar-refractivity contribution is 0.467. The molecule has 84 valence electrons. The van der Waals surface area contributed by atoms with Crippen molar-refractivity contribution in [2.45, 2.75) is 6.85 Å². The molecule has 0 aliphatic heterocycles. The molecule has 1 heterocycles. The van der Waals surface area contributed by atoms with E-state index in [2.05, 4.69) is 10.2 Å². The highest BCUT2D eigenvalue weighted by molar-refractivity contribution is 5.73. The first-order valence-corrected chi connectivity index (χ1v) is 5.11. The van der Waals surface area contributed by atoms with E-state index in [1.165, 1.54) is 23.0 Å². The quantitative estimate of drug-likeness (QED) is 0.696. The van der Waals surface area contributed by atoms with Crippen molar-refractivity contribution in [3.05, 3.63) is 48.0 Å². The number of hydrogen-bond acceptors (Lipinski definition) is 3. The molecular weight excluding hydrogens is 214 g/mol. The molecule has 17 heavy (non-hydrogen) atoms. The maximum absolute atomic E-state index is 9.89. The molecule has 0 unspecified atom stereocenters. The van der Waals surface area contributed by atoms with Crippen LogP contribution in [0.15, 0.2) is 42.5 Å². The van der Waals surface area contributed by atoms with Crippen molar-refractivity contribution in [1.29, 1.82) is 0 Å². The highest BCUT2D eigenvalue weighted by atomic mass is 16.3. The van der Waals surface area contributed by atoms with Crippen molar-refractivity contribution >= 4 is 11.0 Å². The zero-order chi connectivity index (χ0) is 14.3. The summed E-state index contributed by atoms with van der Waals surface area (Å²) >= 11 is 0. The molecule has 1 N–H and O–H groups in total. The standard InChI is InChI=1S/C13H11N3O/c1-9-6-7-13(17)12(8-9)16-14-10-4-2-3-5-11(10)15-16/h2-8,17H,1H3/i1D3. The van der Waals surface area contributed by atoms with E-state index >= 15 is 0 Å². The summed E-state index contributed by atoms with van der Waals surface area (Å²) < 4.78 is 22.2. The molecule has 0 radical (unpaired) electrons. The van der Waals surface area contributed by atoms with Crippen LogP contribution in [0.2, 0.25) is 0 Å². The molecule has 0 spiro atoms. The molecule has 3 rings (SSSR count). The summed E-state index contributed by atoms with van der Waals surface area (Å²) in [5, 5.41) is 18.4. The van der Waals surface area contributed by atoms with E-state index in [1.54, 1.807) is 12.1 Å². The number of phenols is 1. The van der Waals surface area contributed by atoms with Crippen LogP contribution in [-0.2, 0) is 0 Å². The van der Waals surface area contributed by atoms with E-state index in [9.17, 15) is 5.11 Å². The SMILES string of the molecule is [2H]C([2H])([2H])c1ccc(O)c(-n2nc3ccccc3n2)c1. The Labute approximate surface area is 102 Å². The summed E-state index contributed by atoms with van der Waals surface area (Å²) in [6.07, 6.45) is 0. The summed E-state index contributed by atoms with van der Waals surface area (Å²) in [5.74, 6) is -0.0710. The number of nitrogens with zero attached hydrogens (tertiary/aromatic N) is 3. The Balaban J connectivity index is 2.17. The zero-order valence-electron chi connectivity index (χ0n) is 11.8. The minimum atomic E-state index is -2.24. The van der Waals surface area contributed by atoms with Crippen LogP contribution in [0.5, 0.6) is 5.75 Å². The average molecular weight is 228 g/mol. The Morgan fingerprint density at radius 3 is 2.47 bits per heavy atom. The van der Waals surface area contributed by atoms with Crippen molar-refractivity contribution in [3.63, 3.8) is 0 Å². The maximum atomic E-state index is 9.89. The van der Waals surface area contributed by atoms with Gasteiger partial charge in [-0.15, -0.1) is 15.0 Å². The third-order valence-corrected chi connectivity index (χ3v) is 2.48. The molecule has 0 fully saturated rings. The molecule has 4 nitrogen and oxygen atoms in total.